The van der Waals surface area contributed by atoms with Crippen molar-refractivity contribution in [3.8, 4) is 0 Å². The third-order valence-electron chi connectivity index (χ3n) is 3.08. The van der Waals surface area contributed by atoms with E-state index >= 15 is 0 Å². The molecule has 4 atom stereocenters. The van der Waals surface area contributed by atoms with Crippen LogP contribution in [0.15, 0.2) is 24.3 Å². The lowest BCUT2D eigenvalue weighted by molar-refractivity contribution is -0.137. The Morgan fingerprint density at radius 1 is 1.16 bits per heavy atom. The second kappa shape index (κ2) is 5.09. The van der Waals surface area contributed by atoms with Crippen LogP contribution in [0.25, 0.3) is 0 Å². The molecule has 1 aliphatic heterocycles. The Morgan fingerprint density at radius 2 is 1.74 bits per heavy atom. The highest BCUT2D eigenvalue weighted by Crippen LogP contribution is 2.32. The second-order valence-electron chi connectivity index (χ2n) is 4.42. The summed E-state index contributed by atoms with van der Waals surface area (Å²) in [7, 11) is 0. The highest BCUT2D eigenvalue weighted by atomic mass is 19.4. The van der Waals surface area contributed by atoms with Gasteiger partial charge in [0, 0.05) is 0 Å². The van der Waals surface area contributed by atoms with Gasteiger partial charge in [0.2, 0.25) is 0 Å². The number of aliphatic hydroxyl groups excluding tert-OH is 3. The zero-order chi connectivity index (χ0) is 14.2. The maximum Gasteiger partial charge on any atom is 0.416 e. The predicted octanol–water partition coefficient (Wildman–Crippen LogP) is 0.859. The van der Waals surface area contributed by atoms with Crippen LogP contribution >= 0.6 is 0 Å². The summed E-state index contributed by atoms with van der Waals surface area (Å²) in [5.74, 6) is 0. The predicted molar refractivity (Wildman–Crippen MR) is 58.2 cm³/mol. The quantitative estimate of drug-likeness (QED) is 0.750. The van der Waals surface area contributed by atoms with Gasteiger partial charge in [-0.1, -0.05) is 12.1 Å². The average molecular weight is 278 g/mol. The molecule has 19 heavy (non-hydrogen) atoms. The number of aliphatic hydroxyl groups is 3. The Kier molecular flexibility index (Phi) is 3.82. The first-order valence-corrected chi connectivity index (χ1v) is 5.63. The molecule has 1 heterocycles. The average Bonchev–Trinajstić information content (AvgIpc) is 2.68. The summed E-state index contributed by atoms with van der Waals surface area (Å²) in [5, 5.41) is 28.8. The smallest absolute Gasteiger partial charge is 0.388 e. The number of ether oxygens (including phenoxy) is 1. The minimum Gasteiger partial charge on any atom is -0.388 e. The molecule has 1 aromatic carbocycles. The van der Waals surface area contributed by atoms with E-state index in [2.05, 4.69) is 0 Å². The Morgan fingerprint density at radius 3 is 2.16 bits per heavy atom. The number of alkyl halides is 3. The molecular weight excluding hydrogens is 265 g/mol. The molecule has 0 spiro atoms. The molecule has 106 valence electrons. The lowest BCUT2D eigenvalue weighted by Crippen LogP contribution is -2.34. The first-order valence-electron chi connectivity index (χ1n) is 5.63. The summed E-state index contributed by atoms with van der Waals surface area (Å²) >= 11 is 0. The highest BCUT2D eigenvalue weighted by Gasteiger charge is 2.40. The van der Waals surface area contributed by atoms with Gasteiger partial charge in [-0.15, -0.1) is 0 Å². The number of rotatable bonds is 2. The SMILES string of the molecule is OC1COC([C@H](O)c2ccc(C(F)(F)F)cc2)C1O. The van der Waals surface area contributed by atoms with Crippen molar-refractivity contribution < 1.29 is 33.2 Å². The van der Waals surface area contributed by atoms with Crippen molar-refractivity contribution in [1.82, 2.24) is 0 Å². The summed E-state index contributed by atoms with van der Waals surface area (Å²) in [4.78, 5) is 0. The fraction of sp³-hybridized carbons (Fsp3) is 0.500. The van der Waals surface area contributed by atoms with Crippen molar-refractivity contribution in [2.24, 2.45) is 0 Å². The van der Waals surface area contributed by atoms with Crippen molar-refractivity contribution in [3.63, 3.8) is 0 Å². The van der Waals surface area contributed by atoms with Crippen LogP contribution in [0.3, 0.4) is 0 Å². The van der Waals surface area contributed by atoms with Crippen LogP contribution in [0.1, 0.15) is 17.2 Å². The van der Waals surface area contributed by atoms with Crippen molar-refractivity contribution in [3.05, 3.63) is 35.4 Å². The van der Waals surface area contributed by atoms with E-state index in [1.165, 1.54) is 0 Å². The summed E-state index contributed by atoms with van der Waals surface area (Å²) < 4.78 is 42.1. The van der Waals surface area contributed by atoms with Gasteiger partial charge >= 0.3 is 6.18 Å². The van der Waals surface area contributed by atoms with Gasteiger partial charge in [-0.25, -0.2) is 0 Å². The third kappa shape index (κ3) is 2.89. The molecule has 0 aliphatic carbocycles. The topological polar surface area (TPSA) is 69.9 Å². The van der Waals surface area contributed by atoms with Gasteiger partial charge in [-0.05, 0) is 17.7 Å². The van der Waals surface area contributed by atoms with Crippen LogP contribution < -0.4 is 0 Å². The highest BCUT2D eigenvalue weighted by molar-refractivity contribution is 5.27. The maximum absolute atomic E-state index is 12.4. The van der Waals surface area contributed by atoms with E-state index in [4.69, 9.17) is 4.74 Å². The molecule has 3 unspecified atom stereocenters. The molecule has 2 rings (SSSR count). The normalized spacial score (nSPS) is 29.5. The van der Waals surface area contributed by atoms with Gasteiger partial charge in [0.25, 0.3) is 0 Å². The van der Waals surface area contributed by atoms with E-state index in [0.717, 1.165) is 24.3 Å². The van der Waals surface area contributed by atoms with Crippen molar-refractivity contribution in [2.75, 3.05) is 6.61 Å². The van der Waals surface area contributed by atoms with Crippen LogP contribution in [0.5, 0.6) is 0 Å². The Hall–Kier alpha value is -1.15. The molecular formula is C12H13F3O4. The van der Waals surface area contributed by atoms with Gasteiger partial charge in [-0.2, -0.15) is 13.2 Å². The van der Waals surface area contributed by atoms with Crippen molar-refractivity contribution in [1.29, 1.82) is 0 Å². The molecule has 0 bridgehead atoms. The Bertz CT molecular complexity index is 432. The minimum absolute atomic E-state index is 0.121. The van der Waals surface area contributed by atoms with E-state index in [-0.39, 0.29) is 12.2 Å². The molecule has 7 heteroatoms. The van der Waals surface area contributed by atoms with Crippen LogP contribution in [-0.2, 0) is 10.9 Å². The van der Waals surface area contributed by atoms with Gasteiger partial charge in [0.15, 0.2) is 0 Å². The number of hydrogen-bond donors (Lipinski definition) is 3. The van der Waals surface area contributed by atoms with Gasteiger partial charge in [0.05, 0.1) is 12.2 Å². The van der Waals surface area contributed by atoms with Crippen LogP contribution in [0.4, 0.5) is 13.2 Å². The zero-order valence-electron chi connectivity index (χ0n) is 9.71. The molecule has 3 N–H and O–H groups in total. The largest absolute Gasteiger partial charge is 0.416 e. The maximum atomic E-state index is 12.4. The fourth-order valence-electron chi connectivity index (χ4n) is 1.96. The molecule has 0 radical (unpaired) electrons. The second-order valence-corrected chi connectivity index (χ2v) is 4.42. The molecule has 1 aliphatic rings. The summed E-state index contributed by atoms with van der Waals surface area (Å²) in [6.07, 6.45) is -9.16. The summed E-state index contributed by atoms with van der Waals surface area (Å²) in [6.45, 7) is -0.121. The standard InChI is InChI=1S/C12H13F3O4/c13-12(14,15)7-3-1-6(2-4-7)9(17)11-10(18)8(16)5-19-11/h1-4,8-11,16-18H,5H2/t8?,9-,10?,11?/m1/s1. The van der Waals surface area contributed by atoms with Crippen LogP contribution in [0.2, 0.25) is 0 Å². The molecule has 1 saturated heterocycles. The van der Waals surface area contributed by atoms with E-state index in [0.29, 0.717) is 0 Å². The zero-order valence-corrected chi connectivity index (χ0v) is 9.71. The Labute approximate surface area is 107 Å². The molecule has 0 amide bonds. The van der Waals surface area contributed by atoms with Gasteiger partial charge in [0.1, 0.15) is 24.4 Å². The van der Waals surface area contributed by atoms with E-state index < -0.39 is 36.2 Å². The van der Waals surface area contributed by atoms with Gasteiger partial charge in [-0.3, -0.25) is 0 Å². The van der Waals surface area contributed by atoms with Crippen LogP contribution in [0, 0.1) is 0 Å². The molecule has 1 fully saturated rings. The van der Waals surface area contributed by atoms with Crippen molar-refractivity contribution in [2.45, 2.75) is 30.6 Å². The molecule has 1 aromatic rings. The van der Waals surface area contributed by atoms with E-state index in [1.54, 1.807) is 0 Å². The molecule has 0 saturated carbocycles. The number of benzene rings is 1. The fourth-order valence-corrected chi connectivity index (χ4v) is 1.96. The summed E-state index contributed by atoms with van der Waals surface area (Å²) in [6, 6.07) is 3.93. The Balaban J connectivity index is 2.14. The third-order valence-corrected chi connectivity index (χ3v) is 3.08. The minimum atomic E-state index is -4.44. The molecule has 0 aromatic heterocycles. The monoisotopic (exact) mass is 278 g/mol. The van der Waals surface area contributed by atoms with Crippen molar-refractivity contribution >= 4 is 0 Å². The number of hydrogen-bond acceptors (Lipinski definition) is 4. The van der Waals surface area contributed by atoms with E-state index in [9.17, 15) is 28.5 Å². The van der Waals surface area contributed by atoms with E-state index in [1.807, 2.05) is 0 Å². The summed E-state index contributed by atoms with van der Waals surface area (Å²) in [5.41, 5.74) is -0.637. The van der Waals surface area contributed by atoms with Gasteiger partial charge < -0.3 is 20.1 Å². The lowest BCUT2D eigenvalue weighted by atomic mass is 9.98. The number of halogens is 3. The first kappa shape index (κ1) is 14.3. The van der Waals surface area contributed by atoms with Crippen LogP contribution in [-0.4, -0.2) is 40.2 Å². The molecule has 4 nitrogen and oxygen atoms in total. The lowest BCUT2D eigenvalue weighted by Gasteiger charge is -2.21. The first-order chi connectivity index (χ1) is 8.80.